The van der Waals surface area contributed by atoms with Gasteiger partial charge in [0.05, 0.1) is 11.2 Å². The second kappa shape index (κ2) is 8.46. The second-order valence-electron chi connectivity index (χ2n) is 6.40. The number of carbonyl (C=O) groups is 1. The summed E-state index contributed by atoms with van der Waals surface area (Å²) < 4.78 is 28.7. The Labute approximate surface area is 154 Å². The highest BCUT2D eigenvalue weighted by Gasteiger charge is 2.27. The molecule has 0 saturated carbocycles. The molecule has 0 aliphatic carbocycles. The molecule has 1 saturated heterocycles. The van der Waals surface area contributed by atoms with Gasteiger partial charge in [0.1, 0.15) is 0 Å². The monoisotopic (exact) mass is 376 g/mol. The molecule has 26 heavy (non-hydrogen) atoms. The highest BCUT2D eigenvalue weighted by molar-refractivity contribution is 7.89. The van der Waals surface area contributed by atoms with E-state index in [0.717, 1.165) is 32.2 Å². The van der Waals surface area contributed by atoms with Crippen molar-refractivity contribution in [2.24, 2.45) is 0 Å². The van der Waals surface area contributed by atoms with E-state index in [0.29, 0.717) is 25.2 Å². The third-order valence-electron chi connectivity index (χ3n) is 4.49. The number of amides is 1. The number of aromatic nitrogens is 2. The normalized spacial score (nSPS) is 15.2. The third-order valence-corrected chi connectivity index (χ3v) is 6.38. The topological polar surface area (TPSA) is 84.3 Å². The molecule has 140 valence electrons. The van der Waals surface area contributed by atoms with Gasteiger partial charge in [0, 0.05) is 44.1 Å². The van der Waals surface area contributed by atoms with Gasteiger partial charge in [-0.2, -0.15) is 4.31 Å². The Morgan fingerprint density at radius 2 is 2.00 bits per heavy atom. The van der Waals surface area contributed by atoms with Gasteiger partial charge in [-0.25, -0.2) is 13.4 Å². The molecule has 0 unspecified atom stereocenters. The number of nitrogens with one attached hydrogen (secondary N) is 1. The van der Waals surface area contributed by atoms with Gasteiger partial charge in [-0.1, -0.05) is 6.07 Å². The molecule has 8 heteroatoms. The van der Waals surface area contributed by atoms with E-state index in [1.807, 2.05) is 10.8 Å². The standard InChI is InChI=1S/C18H24N4O3S/c23-18(20-8-1-2-10-21-13-9-19-15-21)16-6-5-7-17(14-16)26(24,25)22-11-3-4-12-22/h5-7,9,13-15H,1-4,8,10-12H2,(H,20,23). The van der Waals surface area contributed by atoms with Crippen LogP contribution in [0.25, 0.3) is 0 Å². The molecule has 0 radical (unpaired) electrons. The van der Waals surface area contributed by atoms with E-state index in [4.69, 9.17) is 0 Å². The summed E-state index contributed by atoms with van der Waals surface area (Å²) in [5, 5.41) is 2.86. The lowest BCUT2D eigenvalue weighted by Crippen LogP contribution is -2.28. The Balaban J connectivity index is 1.53. The second-order valence-corrected chi connectivity index (χ2v) is 8.34. The van der Waals surface area contributed by atoms with Crippen LogP contribution in [-0.4, -0.2) is 47.8 Å². The maximum Gasteiger partial charge on any atom is 0.251 e. The highest BCUT2D eigenvalue weighted by Crippen LogP contribution is 2.21. The molecule has 0 atom stereocenters. The number of unbranched alkanes of at least 4 members (excludes halogenated alkanes) is 1. The number of rotatable bonds is 8. The van der Waals surface area contributed by atoms with Crippen LogP contribution < -0.4 is 5.32 Å². The summed E-state index contributed by atoms with van der Waals surface area (Å²) in [6, 6.07) is 6.28. The van der Waals surface area contributed by atoms with E-state index < -0.39 is 10.0 Å². The van der Waals surface area contributed by atoms with Crippen molar-refractivity contribution in [3.05, 3.63) is 48.5 Å². The summed E-state index contributed by atoms with van der Waals surface area (Å²) in [6.07, 6.45) is 8.97. The van der Waals surface area contributed by atoms with E-state index >= 15 is 0 Å². The van der Waals surface area contributed by atoms with Gasteiger partial charge in [0.2, 0.25) is 10.0 Å². The molecule has 1 N–H and O–H groups in total. The van der Waals surface area contributed by atoms with Crippen molar-refractivity contribution >= 4 is 15.9 Å². The summed E-state index contributed by atoms with van der Waals surface area (Å²) in [7, 11) is -3.50. The van der Waals surface area contributed by atoms with Crippen LogP contribution in [0, 0.1) is 0 Å². The molecule has 1 fully saturated rings. The number of imidazole rings is 1. The summed E-state index contributed by atoms with van der Waals surface area (Å²) in [5.41, 5.74) is 0.375. The van der Waals surface area contributed by atoms with Crippen LogP contribution >= 0.6 is 0 Å². The van der Waals surface area contributed by atoms with Gasteiger partial charge in [-0.3, -0.25) is 4.79 Å². The average molecular weight is 376 g/mol. The zero-order chi connectivity index (χ0) is 18.4. The number of carbonyl (C=O) groups excluding carboxylic acids is 1. The van der Waals surface area contributed by atoms with Crippen molar-refractivity contribution in [3.8, 4) is 0 Å². The first-order valence-corrected chi connectivity index (χ1v) is 10.4. The Morgan fingerprint density at radius 3 is 2.73 bits per heavy atom. The van der Waals surface area contributed by atoms with Crippen LogP contribution in [-0.2, 0) is 16.6 Å². The molecule has 2 aromatic rings. The van der Waals surface area contributed by atoms with E-state index in [1.54, 1.807) is 30.7 Å². The molecular weight excluding hydrogens is 352 g/mol. The predicted octanol–water partition coefficient (Wildman–Crippen LogP) is 1.88. The first kappa shape index (κ1) is 18.6. The minimum absolute atomic E-state index is 0.187. The average Bonchev–Trinajstić information content (AvgIpc) is 3.35. The van der Waals surface area contributed by atoms with Gasteiger partial charge in [-0.15, -0.1) is 0 Å². The van der Waals surface area contributed by atoms with Crippen LogP contribution in [0.4, 0.5) is 0 Å². The quantitative estimate of drug-likeness (QED) is 0.713. The van der Waals surface area contributed by atoms with Gasteiger partial charge in [0.15, 0.2) is 0 Å². The summed E-state index contributed by atoms with van der Waals surface area (Å²) in [5.74, 6) is -0.244. The minimum Gasteiger partial charge on any atom is -0.352 e. The lowest BCUT2D eigenvalue weighted by atomic mass is 10.2. The van der Waals surface area contributed by atoms with Crippen molar-refractivity contribution in [1.29, 1.82) is 0 Å². The molecule has 1 amide bonds. The molecule has 1 aromatic heterocycles. The van der Waals surface area contributed by atoms with Crippen LogP contribution in [0.5, 0.6) is 0 Å². The number of hydrogen-bond donors (Lipinski definition) is 1. The Kier molecular flexibility index (Phi) is 6.05. The van der Waals surface area contributed by atoms with Crippen molar-refractivity contribution in [2.45, 2.75) is 37.1 Å². The first-order chi connectivity index (χ1) is 12.6. The van der Waals surface area contributed by atoms with Crippen LogP contribution in [0.3, 0.4) is 0 Å². The Hall–Kier alpha value is -2.19. The molecule has 7 nitrogen and oxygen atoms in total. The van der Waals surface area contributed by atoms with Crippen molar-refractivity contribution in [1.82, 2.24) is 19.2 Å². The van der Waals surface area contributed by atoms with E-state index in [-0.39, 0.29) is 10.8 Å². The van der Waals surface area contributed by atoms with Gasteiger partial charge in [-0.05, 0) is 43.9 Å². The van der Waals surface area contributed by atoms with E-state index in [2.05, 4.69) is 10.3 Å². The molecule has 1 aromatic carbocycles. The highest BCUT2D eigenvalue weighted by atomic mass is 32.2. The smallest absolute Gasteiger partial charge is 0.251 e. The fourth-order valence-electron chi connectivity index (χ4n) is 3.02. The minimum atomic E-state index is -3.50. The maximum atomic E-state index is 12.6. The number of nitrogens with zero attached hydrogens (tertiary/aromatic N) is 3. The lowest BCUT2D eigenvalue weighted by Gasteiger charge is -2.16. The zero-order valence-corrected chi connectivity index (χ0v) is 15.5. The van der Waals surface area contributed by atoms with Gasteiger partial charge in [0.25, 0.3) is 5.91 Å². The van der Waals surface area contributed by atoms with E-state index in [9.17, 15) is 13.2 Å². The summed E-state index contributed by atoms with van der Waals surface area (Å²) in [4.78, 5) is 16.5. The third kappa shape index (κ3) is 4.50. The molecule has 1 aliphatic heterocycles. The number of hydrogen-bond acceptors (Lipinski definition) is 4. The summed E-state index contributed by atoms with van der Waals surface area (Å²) >= 11 is 0. The molecule has 1 aliphatic rings. The summed E-state index contributed by atoms with van der Waals surface area (Å²) in [6.45, 7) is 2.52. The van der Waals surface area contributed by atoms with Crippen molar-refractivity contribution in [3.63, 3.8) is 0 Å². The Bertz CT molecular complexity index is 828. The molecule has 3 rings (SSSR count). The van der Waals surface area contributed by atoms with Crippen LogP contribution in [0.2, 0.25) is 0 Å². The number of aryl methyl sites for hydroxylation is 1. The maximum absolute atomic E-state index is 12.6. The van der Waals surface area contributed by atoms with E-state index in [1.165, 1.54) is 10.4 Å². The number of benzene rings is 1. The first-order valence-electron chi connectivity index (χ1n) is 8.91. The molecule has 0 spiro atoms. The predicted molar refractivity (Wildman–Crippen MR) is 98.2 cm³/mol. The van der Waals surface area contributed by atoms with Gasteiger partial charge < -0.3 is 9.88 Å². The SMILES string of the molecule is O=C(NCCCCn1ccnc1)c1cccc(S(=O)(=O)N2CCCC2)c1. The lowest BCUT2D eigenvalue weighted by molar-refractivity contribution is 0.0952. The van der Waals surface area contributed by atoms with Crippen molar-refractivity contribution in [2.75, 3.05) is 19.6 Å². The Morgan fingerprint density at radius 1 is 1.19 bits per heavy atom. The van der Waals surface area contributed by atoms with Gasteiger partial charge >= 0.3 is 0 Å². The van der Waals surface area contributed by atoms with Crippen molar-refractivity contribution < 1.29 is 13.2 Å². The zero-order valence-electron chi connectivity index (χ0n) is 14.7. The largest absolute Gasteiger partial charge is 0.352 e. The molecule has 0 bridgehead atoms. The number of sulfonamides is 1. The fraction of sp³-hybridized carbons (Fsp3) is 0.444. The van der Waals surface area contributed by atoms with Crippen LogP contribution in [0.15, 0.2) is 47.9 Å². The van der Waals surface area contributed by atoms with Crippen LogP contribution in [0.1, 0.15) is 36.0 Å². The molecule has 2 heterocycles. The fourth-order valence-corrected chi connectivity index (χ4v) is 4.58. The molecular formula is C18H24N4O3S.